The molecule has 0 radical (unpaired) electrons. The Morgan fingerprint density at radius 3 is 2.74 bits per heavy atom. The van der Waals surface area contributed by atoms with Gasteiger partial charge in [-0.3, -0.25) is 9.78 Å². The van der Waals surface area contributed by atoms with Crippen molar-refractivity contribution in [3.63, 3.8) is 0 Å². The Kier molecular flexibility index (Phi) is 3.43. The highest BCUT2D eigenvalue weighted by Crippen LogP contribution is 2.32. The van der Waals surface area contributed by atoms with Crippen LogP contribution in [0.4, 0.5) is 5.69 Å². The van der Waals surface area contributed by atoms with Gasteiger partial charge in [-0.15, -0.1) is 0 Å². The first-order valence-electron chi connectivity index (χ1n) is 6.30. The lowest BCUT2D eigenvalue weighted by atomic mass is 9.86. The average molecular weight is 259 g/mol. The zero-order chi connectivity index (χ0) is 14.2. The van der Waals surface area contributed by atoms with Crippen LogP contribution in [0.1, 0.15) is 23.9 Å². The van der Waals surface area contributed by atoms with Crippen molar-refractivity contribution in [2.24, 2.45) is 11.8 Å². The summed E-state index contributed by atoms with van der Waals surface area (Å²) >= 11 is 0. The largest absolute Gasteiger partial charge is 0.481 e. The quantitative estimate of drug-likeness (QED) is 0.894. The van der Waals surface area contributed by atoms with Crippen molar-refractivity contribution in [3.05, 3.63) is 23.0 Å². The summed E-state index contributed by atoms with van der Waals surface area (Å²) in [5.41, 5.74) is 3.07. The molecule has 0 bridgehead atoms. The van der Waals surface area contributed by atoms with Crippen molar-refractivity contribution in [3.8, 4) is 6.07 Å². The van der Waals surface area contributed by atoms with E-state index in [1.807, 2.05) is 19.9 Å². The van der Waals surface area contributed by atoms with Gasteiger partial charge >= 0.3 is 5.97 Å². The zero-order valence-corrected chi connectivity index (χ0v) is 11.3. The number of carboxylic acids is 1. The van der Waals surface area contributed by atoms with E-state index < -0.39 is 5.97 Å². The number of nitriles is 1. The second-order valence-electron chi connectivity index (χ2n) is 5.15. The number of carboxylic acid groups (broad SMARTS) is 1. The molecule has 0 amide bonds. The molecule has 5 nitrogen and oxygen atoms in total. The van der Waals surface area contributed by atoms with E-state index in [2.05, 4.69) is 16.0 Å². The molecular weight excluding hydrogens is 242 g/mol. The topological polar surface area (TPSA) is 77.2 Å². The Morgan fingerprint density at radius 2 is 2.21 bits per heavy atom. The maximum absolute atomic E-state index is 10.9. The predicted molar refractivity (Wildman–Crippen MR) is 70.9 cm³/mol. The summed E-state index contributed by atoms with van der Waals surface area (Å²) < 4.78 is 0. The van der Waals surface area contributed by atoms with E-state index in [1.54, 1.807) is 6.92 Å². The van der Waals surface area contributed by atoms with Gasteiger partial charge in [0.1, 0.15) is 6.07 Å². The van der Waals surface area contributed by atoms with Crippen LogP contribution in [-0.2, 0) is 4.79 Å². The molecule has 1 saturated heterocycles. The molecule has 1 atom stereocenters. The number of aryl methyl sites for hydroxylation is 2. The minimum atomic E-state index is -0.757. The van der Waals surface area contributed by atoms with Crippen LogP contribution in [-0.4, -0.2) is 29.1 Å². The second-order valence-corrected chi connectivity index (χ2v) is 5.15. The van der Waals surface area contributed by atoms with E-state index in [9.17, 15) is 10.1 Å². The van der Waals surface area contributed by atoms with Gasteiger partial charge in [0.2, 0.25) is 0 Å². The minimum absolute atomic E-state index is 0.151. The Balaban J connectivity index is 2.19. The molecule has 5 heteroatoms. The van der Waals surface area contributed by atoms with Crippen molar-refractivity contribution >= 4 is 11.7 Å². The Labute approximate surface area is 112 Å². The average Bonchev–Trinajstić information content (AvgIpc) is 2.26. The van der Waals surface area contributed by atoms with E-state index in [1.165, 1.54) is 0 Å². The molecule has 2 heterocycles. The zero-order valence-electron chi connectivity index (χ0n) is 11.3. The molecule has 0 spiro atoms. The molecule has 0 aliphatic carbocycles. The Bertz CT molecular complexity index is 557. The van der Waals surface area contributed by atoms with Crippen molar-refractivity contribution in [2.45, 2.75) is 20.8 Å². The van der Waals surface area contributed by atoms with Crippen LogP contribution in [0.15, 0.2) is 6.07 Å². The number of anilines is 1. The fourth-order valence-corrected chi connectivity index (χ4v) is 2.42. The predicted octanol–water partition coefficient (Wildman–Crippen LogP) is 1.73. The van der Waals surface area contributed by atoms with Crippen molar-refractivity contribution < 1.29 is 9.90 Å². The summed E-state index contributed by atoms with van der Waals surface area (Å²) in [6.45, 7) is 6.83. The normalized spacial score (nSPS) is 16.6. The molecule has 1 aliphatic rings. The summed E-state index contributed by atoms with van der Waals surface area (Å²) in [6, 6.07) is 4.08. The first-order valence-corrected chi connectivity index (χ1v) is 6.30. The molecule has 19 heavy (non-hydrogen) atoms. The molecular formula is C14H17N3O2. The van der Waals surface area contributed by atoms with Gasteiger partial charge < -0.3 is 10.0 Å². The number of carbonyl (C=O) groups is 1. The summed E-state index contributed by atoms with van der Waals surface area (Å²) in [6.07, 6.45) is 0. The third-order valence-electron chi connectivity index (χ3n) is 3.77. The number of aliphatic carboxylic acids is 1. The fourth-order valence-electron chi connectivity index (χ4n) is 2.42. The maximum atomic E-state index is 10.9. The van der Waals surface area contributed by atoms with Crippen LogP contribution in [0.3, 0.4) is 0 Å². The van der Waals surface area contributed by atoms with Crippen LogP contribution >= 0.6 is 0 Å². The van der Waals surface area contributed by atoms with Crippen molar-refractivity contribution in [1.82, 2.24) is 4.98 Å². The van der Waals surface area contributed by atoms with Gasteiger partial charge in [-0.1, -0.05) is 6.92 Å². The van der Waals surface area contributed by atoms with Gasteiger partial charge in [0.05, 0.1) is 22.9 Å². The molecule has 2 rings (SSSR count). The Hall–Kier alpha value is -2.09. The minimum Gasteiger partial charge on any atom is -0.481 e. The highest BCUT2D eigenvalue weighted by molar-refractivity contribution is 5.71. The first kappa shape index (κ1) is 13.3. The number of hydrogen-bond donors (Lipinski definition) is 1. The van der Waals surface area contributed by atoms with Gasteiger partial charge in [-0.2, -0.15) is 5.26 Å². The standard InChI is InChI=1S/C14H17N3O2/c1-8-4-13(12(5-15)10(3)16-8)17-6-11(7-17)9(2)14(18)19/h4,9,11H,6-7H2,1-3H3,(H,18,19). The number of rotatable bonds is 3. The van der Waals surface area contributed by atoms with E-state index in [-0.39, 0.29) is 11.8 Å². The molecule has 1 aliphatic heterocycles. The molecule has 100 valence electrons. The second kappa shape index (κ2) is 4.88. The van der Waals surface area contributed by atoms with Crippen LogP contribution in [0.5, 0.6) is 0 Å². The molecule has 1 N–H and O–H groups in total. The summed E-state index contributed by atoms with van der Waals surface area (Å²) in [7, 11) is 0. The SMILES string of the molecule is Cc1cc(N2CC(C(C)C(=O)O)C2)c(C#N)c(C)n1. The fraction of sp³-hybridized carbons (Fsp3) is 0.500. The highest BCUT2D eigenvalue weighted by Gasteiger charge is 2.35. The van der Waals surface area contributed by atoms with E-state index in [0.717, 1.165) is 17.1 Å². The lowest BCUT2D eigenvalue weighted by Crippen LogP contribution is -2.51. The summed E-state index contributed by atoms with van der Waals surface area (Å²) in [4.78, 5) is 17.3. The Morgan fingerprint density at radius 1 is 1.58 bits per heavy atom. The number of hydrogen-bond acceptors (Lipinski definition) is 4. The first-order chi connectivity index (χ1) is 8.93. The number of nitrogens with zero attached hydrogens (tertiary/aromatic N) is 3. The maximum Gasteiger partial charge on any atom is 0.306 e. The van der Waals surface area contributed by atoms with Crippen LogP contribution in [0.25, 0.3) is 0 Å². The van der Waals surface area contributed by atoms with E-state index >= 15 is 0 Å². The molecule has 0 aromatic carbocycles. The van der Waals surface area contributed by atoms with Crippen LogP contribution < -0.4 is 4.90 Å². The highest BCUT2D eigenvalue weighted by atomic mass is 16.4. The lowest BCUT2D eigenvalue weighted by Gasteiger charge is -2.43. The summed E-state index contributed by atoms with van der Waals surface area (Å²) in [5, 5.41) is 18.2. The molecule has 1 aromatic heterocycles. The smallest absolute Gasteiger partial charge is 0.306 e. The third kappa shape index (κ3) is 2.39. The van der Waals surface area contributed by atoms with E-state index in [4.69, 9.17) is 5.11 Å². The monoisotopic (exact) mass is 259 g/mol. The number of pyridine rings is 1. The van der Waals surface area contributed by atoms with Gasteiger partial charge in [-0.05, 0) is 19.9 Å². The van der Waals surface area contributed by atoms with Crippen LogP contribution in [0.2, 0.25) is 0 Å². The van der Waals surface area contributed by atoms with Crippen LogP contribution in [0, 0.1) is 37.0 Å². The van der Waals surface area contributed by atoms with Gasteiger partial charge in [0.25, 0.3) is 0 Å². The lowest BCUT2D eigenvalue weighted by molar-refractivity contribution is -0.143. The van der Waals surface area contributed by atoms with Gasteiger partial charge in [0.15, 0.2) is 0 Å². The van der Waals surface area contributed by atoms with Gasteiger partial charge in [-0.25, -0.2) is 0 Å². The molecule has 1 fully saturated rings. The van der Waals surface area contributed by atoms with Crippen molar-refractivity contribution in [2.75, 3.05) is 18.0 Å². The molecule has 0 saturated carbocycles. The van der Waals surface area contributed by atoms with Gasteiger partial charge in [0, 0.05) is 24.7 Å². The third-order valence-corrected chi connectivity index (χ3v) is 3.77. The molecule has 1 unspecified atom stereocenters. The molecule has 1 aromatic rings. The van der Waals surface area contributed by atoms with Crippen molar-refractivity contribution in [1.29, 1.82) is 5.26 Å². The van der Waals surface area contributed by atoms with E-state index in [0.29, 0.717) is 18.7 Å². The summed E-state index contributed by atoms with van der Waals surface area (Å²) in [5.74, 6) is -0.948. The number of aromatic nitrogens is 1.